The fourth-order valence-electron chi connectivity index (χ4n) is 4.09. The van der Waals surface area contributed by atoms with Gasteiger partial charge in [-0.15, -0.1) is 0 Å². The molecule has 1 atom stereocenters. The number of hydrogen-bond acceptors (Lipinski definition) is 4. The maximum Gasteiger partial charge on any atom is 0.292 e. The van der Waals surface area contributed by atoms with Crippen LogP contribution in [0.15, 0.2) is 53.0 Å². The first-order valence-corrected chi connectivity index (χ1v) is 10.2. The molecule has 146 valence electrons. The molecule has 2 amide bonds. The molecule has 2 aliphatic heterocycles. The number of carbonyl (C=O) groups excluding carboxylic acids is 2. The van der Waals surface area contributed by atoms with Crippen molar-refractivity contribution in [2.24, 2.45) is 0 Å². The number of benzene rings is 2. The summed E-state index contributed by atoms with van der Waals surface area (Å²) in [5.74, 6) is 0.657. The minimum atomic E-state index is -0.295. The topological polar surface area (TPSA) is 54.3 Å². The molecule has 0 saturated carbocycles. The highest BCUT2D eigenvalue weighted by atomic mass is 79.9. The largest absolute Gasteiger partial charge is 0.495 e. The Balaban J connectivity index is 1.44. The van der Waals surface area contributed by atoms with Gasteiger partial charge in [0.15, 0.2) is 6.04 Å². The van der Waals surface area contributed by atoms with Crippen LogP contribution in [0.1, 0.15) is 6.42 Å². The summed E-state index contributed by atoms with van der Waals surface area (Å²) < 4.78 is 6.39. The second-order valence-electron chi connectivity index (χ2n) is 7.12. The van der Waals surface area contributed by atoms with Crippen molar-refractivity contribution in [1.29, 1.82) is 0 Å². The van der Waals surface area contributed by atoms with E-state index < -0.39 is 0 Å². The number of nitrogens with zero attached hydrogens (tertiary/aromatic N) is 2. The van der Waals surface area contributed by atoms with E-state index in [-0.39, 0.29) is 24.3 Å². The average Bonchev–Trinajstić information content (AvgIpc) is 3.03. The number of piperazine rings is 1. The molecule has 0 radical (unpaired) electrons. The van der Waals surface area contributed by atoms with Crippen molar-refractivity contribution >= 4 is 39.1 Å². The number of hydrogen-bond donors (Lipinski definition) is 1. The molecule has 0 aromatic heterocycles. The van der Waals surface area contributed by atoms with Gasteiger partial charge < -0.3 is 14.5 Å². The van der Waals surface area contributed by atoms with E-state index in [1.807, 2.05) is 30.3 Å². The van der Waals surface area contributed by atoms with Crippen LogP contribution in [0.5, 0.6) is 5.75 Å². The van der Waals surface area contributed by atoms with E-state index in [4.69, 9.17) is 4.74 Å². The van der Waals surface area contributed by atoms with Gasteiger partial charge in [-0.1, -0.05) is 28.1 Å². The predicted molar refractivity (Wildman–Crippen MR) is 111 cm³/mol. The van der Waals surface area contributed by atoms with Crippen molar-refractivity contribution in [2.45, 2.75) is 12.5 Å². The van der Waals surface area contributed by atoms with Crippen molar-refractivity contribution in [1.82, 2.24) is 0 Å². The van der Waals surface area contributed by atoms with Gasteiger partial charge in [-0.05, 0) is 36.4 Å². The maximum atomic E-state index is 13.0. The number of imide groups is 1. The molecule has 0 aliphatic carbocycles. The first-order chi connectivity index (χ1) is 13.6. The summed E-state index contributed by atoms with van der Waals surface area (Å²) in [7, 11) is 1.68. The maximum absolute atomic E-state index is 13.0. The Morgan fingerprint density at radius 1 is 1.04 bits per heavy atom. The number of amides is 2. The van der Waals surface area contributed by atoms with Crippen molar-refractivity contribution in [3.05, 3.63) is 53.0 Å². The Morgan fingerprint density at radius 3 is 2.39 bits per heavy atom. The summed E-state index contributed by atoms with van der Waals surface area (Å²) in [5.41, 5.74) is 1.72. The lowest BCUT2D eigenvalue weighted by Gasteiger charge is -2.36. The van der Waals surface area contributed by atoms with Gasteiger partial charge in [-0.25, -0.2) is 4.90 Å². The van der Waals surface area contributed by atoms with Gasteiger partial charge in [0.05, 0.1) is 51.1 Å². The third kappa shape index (κ3) is 3.52. The second-order valence-corrected chi connectivity index (χ2v) is 8.03. The number of anilines is 2. The summed E-state index contributed by atoms with van der Waals surface area (Å²) in [5, 5.41) is 0. The van der Waals surface area contributed by atoms with E-state index in [1.54, 1.807) is 19.2 Å². The van der Waals surface area contributed by atoms with Gasteiger partial charge >= 0.3 is 0 Å². The number of para-hydroxylation sites is 2. The van der Waals surface area contributed by atoms with Crippen molar-refractivity contribution < 1.29 is 19.2 Å². The fraction of sp³-hybridized carbons (Fsp3) is 0.333. The quantitative estimate of drug-likeness (QED) is 0.725. The zero-order valence-corrected chi connectivity index (χ0v) is 17.3. The molecular weight excluding hydrogens is 422 g/mol. The number of halogens is 1. The lowest BCUT2D eigenvalue weighted by Crippen LogP contribution is -3.19. The predicted octanol–water partition coefficient (Wildman–Crippen LogP) is 1.49. The molecule has 0 bridgehead atoms. The van der Waals surface area contributed by atoms with Crippen LogP contribution in [0.3, 0.4) is 0 Å². The highest BCUT2D eigenvalue weighted by Crippen LogP contribution is 2.28. The number of ether oxygens (including phenoxy) is 1. The Labute approximate surface area is 172 Å². The van der Waals surface area contributed by atoms with Gasteiger partial charge in [0, 0.05) is 4.47 Å². The van der Waals surface area contributed by atoms with E-state index in [1.165, 1.54) is 9.80 Å². The lowest BCUT2D eigenvalue weighted by molar-refractivity contribution is -0.915. The third-order valence-corrected chi connectivity index (χ3v) is 6.08. The summed E-state index contributed by atoms with van der Waals surface area (Å²) in [6.07, 6.45) is 0.277. The lowest BCUT2D eigenvalue weighted by atomic mass is 10.1. The summed E-state index contributed by atoms with van der Waals surface area (Å²) in [6, 6.07) is 15.0. The van der Waals surface area contributed by atoms with Gasteiger partial charge in [-0.2, -0.15) is 0 Å². The van der Waals surface area contributed by atoms with Crippen LogP contribution in [-0.2, 0) is 9.59 Å². The molecule has 2 fully saturated rings. The standard InChI is InChI=1S/C21H22BrN3O3/c1-28-19-5-3-2-4-17(19)23-10-12-24(13-11-23)18-14-20(26)25(21(18)27)16-8-6-15(22)7-9-16/h2-9,18H,10-14H2,1H3/p+1/t18-/m0/s1. The van der Waals surface area contributed by atoms with Crippen LogP contribution < -0.4 is 19.4 Å². The van der Waals surface area contributed by atoms with E-state index in [0.717, 1.165) is 42.1 Å². The summed E-state index contributed by atoms with van der Waals surface area (Å²) in [4.78, 5) is 30.4. The summed E-state index contributed by atoms with van der Waals surface area (Å²) >= 11 is 3.39. The fourth-order valence-corrected chi connectivity index (χ4v) is 4.35. The van der Waals surface area contributed by atoms with Crippen LogP contribution in [0.2, 0.25) is 0 Å². The van der Waals surface area contributed by atoms with E-state index in [2.05, 4.69) is 26.9 Å². The molecule has 2 saturated heterocycles. The minimum Gasteiger partial charge on any atom is -0.495 e. The number of nitrogens with one attached hydrogen (secondary N) is 1. The zero-order valence-electron chi connectivity index (χ0n) is 15.7. The normalized spacial score (nSPS) is 20.7. The highest BCUT2D eigenvalue weighted by molar-refractivity contribution is 9.10. The molecule has 7 heteroatoms. The smallest absolute Gasteiger partial charge is 0.292 e. The second kappa shape index (κ2) is 7.93. The Morgan fingerprint density at radius 2 is 1.71 bits per heavy atom. The number of quaternary nitrogens is 1. The van der Waals surface area contributed by atoms with Crippen LogP contribution in [0.25, 0.3) is 0 Å². The molecule has 28 heavy (non-hydrogen) atoms. The first kappa shape index (κ1) is 19.0. The Bertz CT molecular complexity index is 879. The summed E-state index contributed by atoms with van der Waals surface area (Å²) in [6.45, 7) is 3.28. The van der Waals surface area contributed by atoms with Crippen molar-refractivity contribution in [3.63, 3.8) is 0 Å². The number of methoxy groups -OCH3 is 1. The van der Waals surface area contributed by atoms with Crippen LogP contribution in [0.4, 0.5) is 11.4 Å². The minimum absolute atomic E-state index is 0.0898. The molecule has 2 aromatic rings. The molecule has 2 aromatic carbocycles. The van der Waals surface area contributed by atoms with Crippen LogP contribution in [0, 0.1) is 0 Å². The molecule has 2 heterocycles. The van der Waals surface area contributed by atoms with E-state index >= 15 is 0 Å². The molecule has 6 nitrogen and oxygen atoms in total. The zero-order chi connectivity index (χ0) is 19.7. The highest BCUT2D eigenvalue weighted by Gasteiger charge is 2.46. The monoisotopic (exact) mass is 444 g/mol. The number of carbonyl (C=O) groups is 2. The van der Waals surface area contributed by atoms with E-state index in [9.17, 15) is 9.59 Å². The van der Waals surface area contributed by atoms with Gasteiger partial charge in [-0.3, -0.25) is 9.59 Å². The molecular formula is C21H23BrN3O3+. The molecule has 0 spiro atoms. The Kier molecular flexibility index (Phi) is 5.37. The van der Waals surface area contributed by atoms with Crippen LogP contribution in [-0.4, -0.2) is 51.1 Å². The first-order valence-electron chi connectivity index (χ1n) is 9.43. The molecule has 2 aliphatic rings. The Hall–Kier alpha value is -2.38. The van der Waals surface area contributed by atoms with Gasteiger partial charge in [0.2, 0.25) is 5.91 Å². The SMILES string of the molecule is COc1ccccc1N1CC[NH+]([C@H]2CC(=O)N(c3ccc(Br)cc3)C2=O)CC1. The average molecular weight is 445 g/mol. The number of rotatable bonds is 4. The van der Waals surface area contributed by atoms with Gasteiger partial charge in [0.1, 0.15) is 5.75 Å². The van der Waals surface area contributed by atoms with Gasteiger partial charge in [0.25, 0.3) is 5.91 Å². The molecule has 0 unspecified atom stereocenters. The third-order valence-electron chi connectivity index (χ3n) is 5.56. The molecule has 4 rings (SSSR count). The van der Waals surface area contributed by atoms with Crippen molar-refractivity contribution in [3.8, 4) is 5.75 Å². The van der Waals surface area contributed by atoms with Crippen LogP contribution >= 0.6 is 15.9 Å². The van der Waals surface area contributed by atoms with Crippen molar-refractivity contribution in [2.75, 3.05) is 43.1 Å². The molecule has 1 N–H and O–H groups in total. The van der Waals surface area contributed by atoms with E-state index in [0.29, 0.717) is 5.69 Å².